The first-order valence-electron chi connectivity index (χ1n) is 7.64. The van der Waals surface area contributed by atoms with Crippen LogP contribution in [-0.4, -0.2) is 31.5 Å². The highest BCUT2D eigenvalue weighted by atomic mass is 35.5. The molecule has 10 heteroatoms. The summed E-state index contributed by atoms with van der Waals surface area (Å²) in [6.45, 7) is 0.349. The Morgan fingerprint density at radius 1 is 1.23 bits per heavy atom. The molecule has 0 unspecified atom stereocenters. The monoisotopic (exact) mass is 395 g/mol. The molecule has 1 heterocycles. The molecule has 26 heavy (non-hydrogen) atoms. The second-order valence-electron chi connectivity index (χ2n) is 5.63. The number of rotatable bonds is 4. The highest BCUT2D eigenvalue weighted by Gasteiger charge is 2.29. The molecule has 2 aromatic carbocycles. The van der Waals surface area contributed by atoms with Gasteiger partial charge in [0.1, 0.15) is 5.56 Å². The van der Waals surface area contributed by atoms with Crippen molar-refractivity contribution < 1.29 is 18.1 Å². The quantitative estimate of drug-likeness (QED) is 0.632. The number of sulfonamides is 1. The number of nitrogens with zero attached hydrogens (tertiary/aromatic N) is 2. The van der Waals surface area contributed by atoms with Crippen molar-refractivity contribution in [2.45, 2.75) is 6.42 Å². The Labute approximate surface area is 154 Å². The van der Waals surface area contributed by atoms with Crippen LogP contribution in [0.1, 0.15) is 16.8 Å². The van der Waals surface area contributed by atoms with Gasteiger partial charge in [0.15, 0.2) is 0 Å². The number of carbonyl (C=O) groups is 1. The van der Waals surface area contributed by atoms with Gasteiger partial charge in [0, 0.05) is 12.6 Å². The molecule has 0 aromatic heterocycles. The Hall–Kier alpha value is -2.65. The van der Waals surface area contributed by atoms with E-state index in [1.165, 1.54) is 40.7 Å². The van der Waals surface area contributed by atoms with E-state index in [1.54, 1.807) is 6.07 Å². The summed E-state index contributed by atoms with van der Waals surface area (Å²) < 4.78 is 25.4. The van der Waals surface area contributed by atoms with Crippen LogP contribution in [0.5, 0.6) is 0 Å². The van der Waals surface area contributed by atoms with Crippen LogP contribution in [0, 0.1) is 10.1 Å². The van der Waals surface area contributed by atoms with Crippen LogP contribution in [-0.2, 0) is 10.0 Å². The van der Waals surface area contributed by atoms with Crippen molar-refractivity contribution in [1.29, 1.82) is 0 Å². The largest absolute Gasteiger partial charge is 0.320 e. The standard InChI is InChI=1S/C16H14ClN3O5S/c17-13-7-6-11(19-8-3-9-26(19,24)25)10-14(13)18-16(21)12-4-1-2-5-15(12)20(22)23/h1-2,4-7,10H,3,8-9H2,(H,18,21). The van der Waals surface area contributed by atoms with E-state index in [0.29, 0.717) is 18.7 Å². The molecule has 1 fully saturated rings. The van der Waals surface area contributed by atoms with Crippen LogP contribution in [0.3, 0.4) is 0 Å². The van der Waals surface area contributed by atoms with Gasteiger partial charge >= 0.3 is 0 Å². The van der Waals surface area contributed by atoms with Gasteiger partial charge < -0.3 is 5.32 Å². The number of hydrogen-bond acceptors (Lipinski definition) is 5. The molecule has 136 valence electrons. The molecule has 0 spiro atoms. The van der Waals surface area contributed by atoms with Gasteiger partial charge in [0.25, 0.3) is 11.6 Å². The summed E-state index contributed by atoms with van der Waals surface area (Å²) in [7, 11) is -3.38. The van der Waals surface area contributed by atoms with Crippen molar-refractivity contribution in [2.24, 2.45) is 0 Å². The molecular weight excluding hydrogens is 382 g/mol. The molecular formula is C16H14ClN3O5S. The van der Waals surface area contributed by atoms with E-state index >= 15 is 0 Å². The van der Waals surface area contributed by atoms with Crippen LogP contribution in [0.25, 0.3) is 0 Å². The van der Waals surface area contributed by atoms with Crippen LogP contribution in [0.15, 0.2) is 42.5 Å². The molecule has 1 aliphatic rings. The minimum Gasteiger partial charge on any atom is -0.320 e. The van der Waals surface area contributed by atoms with E-state index < -0.39 is 20.9 Å². The maximum atomic E-state index is 12.4. The van der Waals surface area contributed by atoms with E-state index in [2.05, 4.69) is 5.32 Å². The number of nitrogens with one attached hydrogen (secondary N) is 1. The number of nitro benzene ring substituents is 1. The maximum absolute atomic E-state index is 12.4. The van der Waals surface area contributed by atoms with Crippen molar-refractivity contribution in [3.05, 3.63) is 63.2 Å². The zero-order chi connectivity index (χ0) is 18.9. The van der Waals surface area contributed by atoms with Crippen molar-refractivity contribution in [3.63, 3.8) is 0 Å². The first-order chi connectivity index (χ1) is 12.3. The average molecular weight is 396 g/mol. The van der Waals surface area contributed by atoms with E-state index in [1.807, 2.05) is 0 Å². The first kappa shape index (κ1) is 18.2. The fourth-order valence-electron chi connectivity index (χ4n) is 2.71. The lowest BCUT2D eigenvalue weighted by Gasteiger charge is -2.18. The molecule has 2 aromatic rings. The molecule has 1 amide bonds. The van der Waals surface area contributed by atoms with E-state index in [0.717, 1.165) is 0 Å². The predicted octanol–water partition coefficient (Wildman–Crippen LogP) is 3.04. The molecule has 0 saturated carbocycles. The second-order valence-corrected chi connectivity index (χ2v) is 8.05. The number of amides is 1. The van der Waals surface area contributed by atoms with Crippen molar-refractivity contribution >= 4 is 44.6 Å². The maximum Gasteiger partial charge on any atom is 0.282 e. The van der Waals surface area contributed by atoms with Crippen LogP contribution < -0.4 is 9.62 Å². The zero-order valence-corrected chi connectivity index (χ0v) is 15.0. The third-order valence-corrected chi connectivity index (χ3v) is 6.13. The second kappa shape index (κ2) is 6.93. The van der Waals surface area contributed by atoms with Crippen molar-refractivity contribution in [2.75, 3.05) is 21.9 Å². The van der Waals surface area contributed by atoms with Crippen molar-refractivity contribution in [1.82, 2.24) is 0 Å². The van der Waals surface area contributed by atoms with Crippen LogP contribution in [0.2, 0.25) is 5.02 Å². The molecule has 8 nitrogen and oxygen atoms in total. The minimum atomic E-state index is -3.38. The minimum absolute atomic E-state index is 0.0630. The fraction of sp³-hybridized carbons (Fsp3) is 0.188. The van der Waals surface area contributed by atoms with Gasteiger partial charge in [-0.3, -0.25) is 19.2 Å². The van der Waals surface area contributed by atoms with Gasteiger partial charge in [-0.1, -0.05) is 23.7 Å². The number of nitro groups is 1. The first-order valence-corrected chi connectivity index (χ1v) is 9.63. The molecule has 0 aliphatic carbocycles. The van der Waals surface area contributed by atoms with Gasteiger partial charge in [-0.05, 0) is 30.7 Å². The summed E-state index contributed by atoms with van der Waals surface area (Å²) in [4.78, 5) is 22.9. The van der Waals surface area contributed by atoms with Crippen LogP contribution in [0.4, 0.5) is 17.1 Å². The Bertz CT molecular complexity index is 993. The SMILES string of the molecule is O=C(Nc1cc(N2CCCS2(=O)=O)ccc1Cl)c1ccccc1[N+](=O)[O-]. The Morgan fingerprint density at radius 3 is 2.62 bits per heavy atom. The third kappa shape index (κ3) is 3.49. The molecule has 3 rings (SSSR count). The number of benzene rings is 2. The topological polar surface area (TPSA) is 110 Å². The Kier molecular flexibility index (Phi) is 4.84. The molecule has 0 radical (unpaired) electrons. The molecule has 0 atom stereocenters. The van der Waals surface area contributed by atoms with Gasteiger partial charge in [-0.25, -0.2) is 8.42 Å². The molecule has 0 bridgehead atoms. The summed E-state index contributed by atoms with van der Waals surface area (Å²) in [5.74, 6) is -0.645. The summed E-state index contributed by atoms with van der Waals surface area (Å²) in [5, 5.41) is 13.8. The third-order valence-electron chi connectivity index (χ3n) is 3.93. The van der Waals surface area contributed by atoms with E-state index in [4.69, 9.17) is 11.6 Å². The Morgan fingerprint density at radius 2 is 1.96 bits per heavy atom. The highest BCUT2D eigenvalue weighted by molar-refractivity contribution is 7.93. The van der Waals surface area contributed by atoms with Gasteiger partial charge in [-0.15, -0.1) is 0 Å². The normalized spacial score (nSPS) is 15.7. The molecule has 1 N–H and O–H groups in total. The fourth-order valence-corrected chi connectivity index (χ4v) is 4.43. The number of anilines is 2. The summed E-state index contributed by atoms with van der Waals surface area (Å²) >= 11 is 6.09. The lowest BCUT2D eigenvalue weighted by atomic mass is 10.1. The molecule has 1 aliphatic heterocycles. The van der Waals surface area contributed by atoms with E-state index in [9.17, 15) is 23.3 Å². The van der Waals surface area contributed by atoms with E-state index in [-0.39, 0.29) is 27.7 Å². The number of carbonyl (C=O) groups excluding carboxylic acids is 1. The molecule has 1 saturated heterocycles. The lowest BCUT2D eigenvalue weighted by molar-refractivity contribution is -0.385. The van der Waals surface area contributed by atoms with Crippen LogP contribution >= 0.6 is 11.6 Å². The van der Waals surface area contributed by atoms with Gasteiger partial charge in [0.05, 0.1) is 27.1 Å². The predicted molar refractivity (Wildman–Crippen MR) is 98.3 cm³/mol. The van der Waals surface area contributed by atoms with Gasteiger partial charge in [-0.2, -0.15) is 0 Å². The van der Waals surface area contributed by atoms with Crippen molar-refractivity contribution in [3.8, 4) is 0 Å². The van der Waals surface area contributed by atoms with Gasteiger partial charge in [0.2, 0.25) is 10.0 Å². The lowest BCUT2D eigenvalue weighted by Crippen LogP contribution is -2.25. The average Bonchev–Trinajstić information content (AvgIpc) is 2.96. The smallest absolute Gasteiger partial charge is 0.282 e. The summed E-state index contributed by atoms with van der Waals surface area (Å²) in [5.41, 5.74) is 0.103. The number of para-hydroxylation sites is 1. The highest BCUT2D eigenvalue weighted by Crippen LogP contribution is 2.32. The summed E-state index contributed by atoms with van der Waals surface area (Å²) in [6, 6.07) is 9.99. The number of halogens is 1. The zero-order valence-electron chi connectivity index (χ0n) is 13.4. The number of hydrogen-bond donors (Lipinski definition) is 1. The Balaban J connectivity index is 1.92. The summed E-state index contributed by atoms with van der Waals surface area (Å²) in [6.07, 6.45) is 0.517.